The number of esters is 1. The van der Waals surface area contributed by atoms with Crippen molar-refractivity contribution in [2.24, 2.45) is 0 Å². The number of sulfone groups is 1. The number of carbonyl (C=O) groups is 1. The number of furan rings is 1. The molecule has 2 unspecified atom stereocenters. The van der Waals surface area contributed by atoms with E-state index in [4.69, 9.17) is 9.15 Å². The zero-order valence-electron chi connectivity index (χ0n) is 17.5. The molecule has 0 radical (unpaired) electrons. The van der Waals surface area contributed by atoms with Crippen molar-refractivity contribution in [2.75, 3.05) is 25.5 Å². The molecule has 9 nitrogen and oxygen atoms in total. The van der Waals surface area contributed by atoms with Crippen LogP contribution in [-0.2, 0) is 14.6 Å². The van der Waals surface area contributed by atoms with Gasteiger partial charge in [0.15, 0.2) is 9.84 Å². The highest BCUT2D eigenvalue weighted by molar-refractivity contribution is 9.10. The first-order chi connectivity index (χ1) is 14.7. The number of rotatable bonds is 10. The number of unbranched alkanes of at least 4 members (excludes halogenated alkanes) is 2. The predicted octanol–water partition coefficient (Wildman–Crippen LogP) is 4.13. The molecule has 3 heterocycles. The Hall–Kier alpha value is -1.31. The highest BCUT2D eigenvalue weighted by Crippen LogP contribution is 2.37. The van der Waals surface area contributed by atoms with Gasteiger partial charge in [0, 0.05) is 12.6 Å². The molecule has 1 saturated heterocycles. The first-order valence-electron chi connectivity index (χ1n) is 10.1. The fourth-order valence-electron chi connectivity index (χ4n) is 3.25. The summed E-state index contributed by atoms with van der Waals surface area (Å²) in [5, 5.41) is 13.9. The SMILES string of the molecule is CCCCN1CC(OC(=O)c2cc(Br)co2)[N+]([O-])(c2ncc(S(=O)(=O)CCCC)s2)C1. The molecule has 1 fully saturated rings. The first kappa shape index (κ1) is 24.3. The van der Waals surface area contributed by atoms with Gasteiger partial charge in [0.2, 0.25) is 5.76 Å². The maximum absolute atomic E-state index is 13.9. The standard InChI is InChI=1S/C19H26BrN3O6S2/c1-3-5-7-22-11-16(29-18(24)15-9-14(20)12-28-15)23(25,13-22)19-21-10-17(30-19)31(26,27)8-6-4-2/h9-10,12,16H,3-8,11,13H2,1-2H3. The summed E-state index contributed by atoms with van der Waals surface area (Å²) in [6.07, 6.45) is 4.64. The van der Waals surface area contributed by atoms with Crippen molar-refractivity contribution < 1.29 is 22.4 Å². The van der Waals surface area contributed by atoms with Crippen molar-refractivity contribution in [1.82, 2.24) is 14.5 Å². The Kier molecular flexibility index (Phi) is 7.92. The molecule has 1 aliphatic rings. The molecule has 1 aliphatic heterocycles. The molecule has 172 valence electrons. The lowest BCUT2D eigenvalue weighted by Gasteiger charge is -2.38. The van der Waals surface area contributed by atoms with Gasteiger partial charge in [-0.1, -0.05) is 26.7 Å². The van der Waals surface area contributed by atoms with Crippen LogP contribution in [0.3, 0.4) is 0 Å². The lowest BCUT2D eigenvalue weighted by atomic mass is 10.3. The van der Waals surface area contributed by atoms with E-state index in [-0.39, 0.29) is 34.1 Å². The van der Waals surface area contributed by atoms with Crippen molar-refractivity contribution >= 4 is 48.2 Å². The summed E-state index contributed by atoms with van der Waals surface area (Å²) in [7, 11) is -3.50. The average molecular weight is 536 g/mol. The van der Waals surface area contributed by atoms with Crippen molar-refractivity contribution in [3.05, 3.63) is 34.0 Å². The molecule has 0 bridgehead atoms. The zero-order chi connectivity index (χ0) is 22.6. The number of hydrogen-bond donors (Lipinski definition) is 0. The third-order valence-electron chi connectivity index (χ3n) is 5.00. The predicted molar refractivity (Wildman–Crippen MR) is 121 cm³/mol. The van der Waals surface area contributed by atoms with Gasteiger partial charge in [-0.05, 0) is 40.1 Å². The van der Waals surface area contributed by atoms with E-state index in [0.29, 0.717) is 17.4 Å². The van der Waals surface area contributed by atoms with Gasteiger partial charge in [0.05, 0.1) is 23.0 Å². The van der Waals surface area contributed by atoms with E-state index in [9.17, 15) is 18.4 Å². The van der Waals surface area contributed by atoms with Gasteiger partial charge < -0.3 is 14.4 Å². The summed E-state index contributed by atoms with van der Waals surface area (Å²) in [4.78, 5) is 18.6. The van der Waals surface area contributed by atoms with Crippen LogP contribution < -0.4 is 4.65 Å². The molecule has 0 amide bonds. The monoisotopic (exact) mass is 535 g/mol. The molecule has 3 rings (SSSR count). The smallest absolute Gasteiger partial charge is 0.378 e. The zero-order valence-corrected chi connectivity index (χ0v) is 20.7. The number of halogens is 1. The molecule has 2 aromatic heterocycles. The van der Waals surface area contributed by atoms with Crippen LogP contribution in [0.5, 0.6) is 0 Å². The largest absolute Gasteiger partial charge is 0.622 e. The van der Waals surface area contributed by atoms with E-state index in [1.54, 1.807) is 0 Å². The van der Waals surface area contributed by atoms with Gasteiger partial charge >= 0.3 is 5.97 Å². The van der Waals surface area contributed by atoms with Crippen molar-refractivity contribution in [3.8, 4) is 0 Å². The Labute approximate surface area is 194 Å². The molecule has 0 aromatic carbocycles. The van der Waals surface area contributed by atoms with E-state index in [1.807, 2.05) is 11.8 Å². The third-order valence-corrected chi connectivity index (χ3v) is 8.87. The highest BCUT2D eigenvalue weighted by atomic mass is 79.9. The minimum Gasteiger partial charge on any atom is -0.622 e. The van der Waals surface area contributed by atoms with Gasteiger partial charge in [-0.25, -0.2) is 18.1 Å². The Bertz CT molecular complexity index is 1010. The summed E-state index contributed by atoms with van der Waals surface area (Å²) in [5.74, 6) is -0.760. The lowest BCUT2D eigenvalue weighted by Crippen LogP contribution is -2.50. The van der Waals surface area contributed by atoms with E-state index in [2.05, 4.69) is 27.8 Å². The number of thiazole rings is 1. The normalized spacial score (nSPS) is 22.1. The molecular formula is C19H26BrN3O6S2. The van der Waals surface area contributed by atoms with Crippen LogP contribution in [0.25, 0.3) is 0 Å². The van der Waals surface area contributed by atoms with E-state index >= 15 is 0 Å². The van der Waals surface area contributed by atoms with Crippen molar-refractivity contribution in [1.29, 1.82) is 0 Å². The Morgan fingerprint density at radius 2 is 2.16 bits per heavy atom. The van der Waals surface area contributed by atoms with E-state index < -0.39 is 26.7 Å². The molecule has 31 heavy (non-hydrogen) atoms. The minimum atomic E-state index is -3.50. The minimum absolute atomic E-state index is 0.0123. The van der Waals surface area contributed by atoms with E-state index in [1.165, 1.54) is 18.5 Å². The number of carbonyl (C=O) groups excluding carboxylic acids is 1. The van der Waals surface area contributed by atoms with Crippen LogP contribution in [0.1, 0.15) is 50.1 Å². The van der Waals surface area contributed by atoms with Gasteiger partial charge in [-0.3, -0.25) is 4.65 Å². The molecule has 0 saturated carbocycles. The summed E-state index contributed by atoms with van der Waals surface area (Å²) >= 11 is 4.06. The average Bonchev–Trinajstić information content (AvgIpc) is 3.45. The number of quaternary nitrogens is 1. The van der Waals surface area contributed by atoms with Gasteiger partial charge in [-0.2, -0.15) is 4.98 Å². The van der Waals surface area contributed by atoms with Crippen LogP contribution in [0.15, 0.2) is 31.6 Å². The summed E-state index contributed by atoms with van der Waals surface area (Å²) in [6, 6.07) is 1.47. The van der Waals surface area contributed by atoms with Crippen LogP contribution in [-0.4, -0.2) is 56.0 Å². The quantitative estimate of drug-likeness (QED) is 0.253. The fraction of sp³-hybridized carbons (Fsp3) is 0.579. The Morgan fingerprint density at radius 3 is 2.81 bits per heavy atom. The van der Waals surface area contributed by atoms with Crippen molar-refractivity contribution in [2.45, 2.75) is 50.0 Å². The second kappa shape index (κ2) is 10.1. The fourth-order valence-corrected chi connectivity index (χ4v) is 6.34. The molecule has 0 spiro atoms. The second-order valence-corrected chi connectivity index (χ2v) is 11.8. The number of ether oxygens (including phenoxy) is 1. The summed E-state index contributed by atoms with van der Waals surface area (Å²) in [5.41, 5.74) is 0. The Morgan fingerprint density at radius 1 is 1.42 bits per heavy atom. The van der Waals surface area contributed by atoms with Gasteiger partial charge in [0.25, 0.3) is 11.4 Å². The molecule has 2 aromatic rings. The first-order valence-corrected chi connectivity index (χ1v) is 13.4. The maximum atomic E-state index is 13.9. The topological polar surface area (TPSA) is 113 Å². The van der Waals surface area contributed by atoms with Crippen LogP contribution >= 0.6 is 27.3 Å². The van der Waals surface area contributed by atoms with Crippen LogP contribution in [0.4, 0.5) is 5.13 Å². The molecule has 0 aliphatic carbocycles. The lowest BCUT2D eigenvalue weighted by molar-refractivity contribution is 0.00248. The van der Waals surface area contributed by atoms with Gasteiger partial charge in [-0.15, -0.1) is 0 Å². The number of hydrogen-bond acceptors (Lipinski definition) is 9. The van der Waals surface area contributed by atoms with Crippen LogP contribution in [0, 0.1) is 5.21 Å². The van der Waals surface area contributed by atoms with Crippen LogP contribution in [0.2, 0.25) is 0 Å². The Balaban J connectivity index is 1.86. The van der Waals surface area contributed by atoms with Gasteiger partial charge in [0.1, 0.15) is 17.1 Å². The number of hydroxylamine groups is 2. The number of nitrogens with zero attached hydrogens (tertiary/aromatic N) is 3. The second-order valence-electron chi connectivity index (χ2n) is 7.49. The third kappa shape index (κ3) is 5.55. The number of aromatic nitrogens is 1. The highest BCUT2D eigenvalue weighted by Gasteiger charge is 2.46. The molecular weight excluding hydrogens is 510 g/mol. The molecule has 0 N–H and O–H groups in total. The molecule has 2 atom stereocenters. The maximum Gasteiger partial charge on any atom is 0.378 e. The summed E-state index contributed by atoms with van der Waals surface area (Å²) < 4.78 is 35.3. The molecule has 12 heteroatoms. The summed E-state index contributed by atoms with van der Waals surface area (Å²) in [6.45, 7) is 4.90. The van der Waals surface area contributed by atoms with Crippen molar-refractivity contribution in [3.63, 3.8) is 0 Å². The van der Waals surface area contributed by atoms with E-state index in [0.717, 1.165) is 30.6 Å².